The summed E-state index contributed by atoms with van der Waals surface area (Å²) in [4.78, 5) is 4.67. The first-order chi connectivity index (χ1) is 13.1. The van der Waals surface area contributed by atoms with Gasteiger partial charge in [0.1, 0.15) is 0 Å². The molecule has 0 N–H and O–H groups in total. The van der Waals surface area contributed by atoms with Crippen LogP contribution in [0.5, 0.6) is 17.2 Å². The summed E-state index contributed by atoms with van der Waals surface area (Å²) < 4.78 is 16.6. The van der Waals surface area contributed by atoms with Gasteiger partial charge in [-0.3, -0.25) is 4.98 Å². The number of hydrogen-bond donors (Lipinski definition) is 0. The van der Waals surface area contributed by atoms with E-state index in [0.717, 1.165) is 27.7 Å². The lowest BCUT2D eigenvalue weighted by Crippen LogP contribution is -1.98. The molecule has 0 fully saturated rings. The van der Waals surface area contributed by atoms with Crippen molar-refractivity contribution < 1.29 is 14.2 Å². The van der Waals surface area contributed by atoms with Crippen LogP contribution in [0.15, 0.2) is 36.4 Å². The molecule has 2 aromatic carbocycles. The van der Waals surface area contributed by atoms with Gasteiger partial charge in [0.25, 0.3) is 0 Å². The highest BCUT2D eigenvalue weighted by Gasteiger charge is 2.18. The zero-order valence-electron chi connectivity index (χ0n) is 15.7. The van der Waals surface area contributed by atoms with Crippen molar-refractivity contribution in [1.82, 2.24) is 4.98 Å². The average molecular weight is 360 g/mol. The van der Waals surface area contributed by atoms with Crippen LogP contribution in [0.2, 0.25) is 0 Å². The Morgan fingerprint density at radius 2 is 1.63 bits per heavy atom. The van der Waals surface area contributed by atoms with Gasteiger partial charge in [0.15, 0.2) is 11.5 Å². The van der Waals surface area contributed by atoms with E-state index in [1.165, 1.54) is 0 Å². The van der Waals surface area contributed by atoms with Crippen LogP contribution < -0.4 is 14.2 Å². The van der Waals surface area contributed by atoms with Gasteiger partial charge >= 0.3 is 0 Å². The van der Waals surface area contributed by atoms with Gasteiger partial charge < -0.3 is 14.2 Å². The standard InChI is InChI=1S/C22H20N2O3/c1-14-11-17-12-19(25-2)21(26-3)22(27-4)20(17)18(24-14)10-9-15-5-7-16(13-23)8-6-15/h5-12H,1-4H3/b10-9+. The van der Waals surface area contributed by atoms with Crippen LogP contribution in [0, 0.1) is 18.3 Å². The highest BCUT2D eigenvalue weighted by atomic mass is 16.5. The predicted octanol–water partition coefficient (Wildman–Crippen LogP) is 4.61. The van der Waals surface area contributed by atoms with Crippen molar-refractivity contribution in [2.75, 3.05) is 21.3 Å². The Kier molecular flexibility index (Phi) is 5.28. The van der Waals surface area contributed by atoms with Crippen LogP contribution in [-0.2, 0) is 0 Å². The fourth-order valence-corrected chi connectivity index (χ4v) is 3.02. The number of aromatic nitrogens is 1. The van der Waals surface area contributed by atoms with E-state index in [2.05, 4.69) is 11.1 Å². The first-order valence-electron chi connectivity index (χ1n) is 8.39. The molecule has 0 amide bonds. The number of pyridine rings is 1. The molecule has 0 unspecified atom stereocenters. The maximum Gasteiger partial charge on any atom is 0.204 e. The summed E-state index contributed by atoms with van der Waals surface area (Å²) in [5.41, 5.74) is 3.26. The van der Waals surface area contributed by atoms with E-state index in [1.54, 1.807) is 33.5 Å². The van der Waals surface area contributed by atoms with Crippen molar-refractivity contribution in [3.8, 4) is 23.3 Å². The van der Waals surface area contributed by atoms with Crippen LogP contribution in [0.25, 0.3) is 22.9 Å². The third-order valence-electron chi connectivity index (χ3n) is 4.25. The first-order valence-corrected chi connectivity index (χ1v) is 8.39. The van der Waals surface area contributed by atoms with E-state index in [9.17, 15) is 0 Å². The molecule has 0 radical (unpaired) electrons. The number of nitriles is 1. The van der Waals surface area contributed by atoms with E-state index < -0.39 is 0 Å². The van der Waals surface area contributed by atoms with Crippen molar-refractivity contribution in [2.45, 2.75) is 6.92 Å². The van der Waals surface area contributed by atoms with Gasteiger partial charge in [-0.15, -0.1) is 0 Å². The van der Waals surface area contributed by atoms with E-state index >= 15 is 0 Å². The largest absolute Gasteiger partial charge is 0.493 e. The fraction of sp³-hybridized carbons (Fsp3) is 0.182. The second-order valence-electron chi connectivity index (χ2n) is 5.96. The zero-order chi connectivity index (χ0) is 19.4. The van der Waals surface area contributed by atoms with Crippen molar-refractivity contribution in [2.24, 2.45) is 0 Å². The number of hydrogen-bond acceptors (Lipinski definition) is 5. The van der Waals surface area contributed by atoms with Crippen LogP contribution in [0.4, 0.5) is 0 Å². The number of methoxy groups -OCH3 is 3. The molecule has 0 aliphatic heterocycles. The van der Waals surface area contributed by atoms with Gasteiger partial charge in [0, 0.05) is 5.69 Å². The predicted molar refractivity (Wildman–Crippen MR) is 106 cm³/mol. The summed E-state index contributed by atoms with van der Waals surface area (Å²) in [5.74, 6) is 1.72. The molecule has 27 heavy (non-hydrogen) atoms. The summed E-state index contributed by atoms with van der Waals surface area (Å²) in [5, 5.41) is 10.7. The van der Waals surface area contributed by atoms with Gasteiger partial charge in [-0.2, -0.15) is 5.26 Å². The van der Waals surface area contributed by atoms with Gasteiger partial charge in [-0.1, -0.05) is 18.2 Å². The van der Waals surface area contributed by atoms with Gasteiger partial charge in [0.2, 0.25) is 5.75 Å². The maximum atomic E-state index is 8.92. The molecule has 0 atom stereocenters. The number of benzene rings is 2. The minimum absolute atomic E-state index is 0.533. The highest BCUT2D eigenvalue weighted by molar-refractivity contribution is 5.99. The summed E-state index contributed by atoms with van der Waals surface area (Å²) in [6.07, 6.45) is 3.89. The van der Waals surface area contributed by atoms with Gasteiger partial charge in [-0.05, 0) is 48.2 Å². The lowest BCUT2D eigenvalue weighted by Gasteiger charge is -2.16. The maximum absolute atomic E-state index is 8.92. The van der Waals surface area contributed by atoms with Crippen LogP contribution in [0.3, 0.4) is 0 Å². The Morgan fingerprint density at radius 3 is 2.22 bits per heavy atom. The summed E-state index contributed by atoms with van der Waals surface area (Å²) in [6, 6.07) is 13.4. The first kappa shape index (κ1) is 18.3. The average Bonchev–Trinajstić information content (AvgIpc) is 2.70. The minimum atomic E-state index is 0.533. The quantitative estimate of drug-likeness (QED) is 0.665. The van der Waals surface area contributed by atoms with Crippen molar-refractivity contribution in [3.63, 3.8) is 0 Å². The molecule has 5 nitrogen and oxygen atoms in total. The second kappa shape index (κ2) is 7.79. The fourth-order valence-electron chi connectivity index (χ4n) is 3.02. The summed E-state index contributed by atoms with van der Waals surface area (Å²) >= 11 is 0. The van der Waals surface area contributed by atoms with E-state index in [0.29, 0.717) is 22.8 Å². The van der Waals surface area contributed by atoms with Crippen molar-refractivity contribution in [3.05, 3.63) is 58.9 Å². The normalized spacial score (nSPS) is 10.8. The Morgan fingerprint density at radius 1 is 0.926 bits per heavy atom. The molecule has 0 spiro atoms. The molecule has 0 aliphatic rings. The molecule has 1 aromatic heterocycles. The van der Waals surface area contributed by atoms with Crippen LogP contribution in [0.1, 0.15) is 22.5 Å². The topological polar surface area (TPSA) is 64.4 Å². The number of rotatable bonds is 5. The Balaban J connectivity index is 2.19. The lowest BCUT2D eigenvalue weighted by molar-refractivity contribution is 0.327. The van der Waals surface area contributed by atoms with Crippen LogP contribution in [-0.4, -0.2) is 26.3 Å². The lowest BCUT2D eigenvalue weighted by atomic mass is 10.0. The molecule has 3 rings (SSSR count). The second-order valence-corrected chi connectivity index (χ2v) is 5.96. The van der Waals surface area contributed by atoms with Crippen molar-refractivity contribution >= 4 is 22.9 Å². The molecule has 0 aliphatic carbocycles. The molecule has 0 saturated carbocycles. The summed E-state index contributed by atoms with van der Waals surface area (Å²) in [7, 11) is 4.79. The van der Waals surface area contributed by atoms with E-state index in [4.69, 9.17) is 19.5 Å². The zero-order valence-corrected chi connectivity index (χ0v) is 15.7. The Labute approximate surface area is 158 Å². The molecule has 3 aromatic rings. The van der Waals surface area contributed by atoms with Gasteiger partial charge in [-0.25, -0.2) is 0 Å². The summed E-state index contributed by atoms with van der Waals surface area (Å²) in [6.45, 7) is 1.95. The number of fused-ring (bicyclic) bond motifs is 1. The third-order valence-corrected chi connectivity index (χ3v) is 4.25. The Bertz CT molecular complexity index is 1050. The molecule has 1 heterocycles. The van der Waals surface area contributed by atoms with Crippen molar-refractivity contribution in [1.29, 1.82) is 5.26 Å². The van der Waals surface area contributed by atoms with Gasteiger partial charge in [0.05, 0.1) is 44.0 Å². The molecule has 0 bridgehead atoms. The number of ether oxygens (including phenoxy) is 3. The SMILES string of the molecule is COc1cc2cc(C)nc(/C=C/c3ccc(C#N)cc3)c2c(OC)c1OC. The van der Waals surface area contributed by atoms with Crippen LogP contribution >= 0.6 is 0 Å². The molecule has 0 saturated heterocycles. The highest BCUT2D eigenvalue weighted by Crippen LogP contribution is 2.44. The van der Waals surface area contributed by atoms with E-state index in [1.807, 2.05) is 43.3 Å². The third kappa shape index (κ3) is 3.56. The minimum Gasteiger partial charge on any atom is -0.493 e. The number of nitrogens with zero attached hydrogens (tertiary/aromatic N) is 2. The molecule has 5 heteroatoms. The molecule has 136 valence electrons. The van der Waals surface area contributed by atoms with E-state index in [-0.39, 0.29) is 0 Å². The molecular weight excluding hydrogens is 340 g/mol. The number of aryl methyl sites for hydroxylation is 1. The molecular formula is C22H20N2O3. The monoisotopic (exact) mass is 360 g/mol. The Hall–Kier alpha value is -3.52. The smallest absolute Gasteiger partial charge is 0.204 e.